The second kappa shape index (κ2) is 10.3. The van der Waals surface area contributed by atoms with Crippen LogP contribution in [0.5, 0.6) is 0 Å². The molecule has 0 aliphatic carbocycles. The highest BCUT2D eigenvalue weighted by atomic mass is 35.5. The van der Waals surface area contributed by atoms with Gasteiger partial charge in [0.1, 0.15) is 11.4 Å². The zero-order valence-electron chi connectivity index (χ0n) is 19.8. The smallest absolute Gasteiger partial charge is 0.261 e. The fourth-order valence-corrected chi connectivity index (χ4v) is 4.73. The maximum atomic E-state index is 12.9. The molecule has 2 aromatic carbocycles. The number of H-pyrrole nitrogens is 2. The van der Waals surface area contributed by atoms with Gasteiger partial charge < -0.3 is 35.1 Å². The van der Waals surface area contributed by atoms with E-state index in [0.29, 0.717) is 40.8 Å². The lowest BCUT2D eigenvalue weighted by molar-refractivity contribution is 0.00357. The van der Waals surface area contributed by atoms with Gasteiger partial charge in [-0.15, -0.1) is 0 Å². The lowest BCUT2D eigenvalue weighted by Gasteiger charge is -2.33. The van der Waals surface area contributed by atoms with E-state index in [1.165, 1.54) is 0 Å². The molecule has 0 spiro atoms. The van der Waals surface area contributed by atoms with E-state index in [0.717, 1.165) is 28.8 Å². The largest absolute Gasteiger partial charge is 0.394 e. The minimum atomic E-state index is -0.812. The molecule has 0 bridgehead atoms. The first-order valence-electron chi connectivity index (χ1n) is 11.8. The predicted molar refractivity (Wildman–Crippen MR) is 141 cm³/mol. The monoisotopic (exact) mass is 509 g/mol. The first kappa shape index (κ1) is 24.3. The molecule has 2 aromatic heterocycles. The molecular formula is C26H28ClN5O4. The van der Waals surface area contributed by atoms with E-state index in [9.17, 15) is 15.0 Å². The van der Waals surface area contributed by atoms with Gasteiger partial charge >= 0.3 is 0 Å². The third-order valence-corrected chi connectivity index (χ3v) is 6.62. The molecule has 188 valence electrons. The first-order valence-corrected chi connectivity index (χ1v) is 12.2. The molecule has 9 nitrogen and oxygen atoms in total. The van der Waals surface area contributed by atoms with Crippen LogP contribution in [0.1, 0.15) is 17.2 Å². The average molecular weight is 510 g/mol. The van der Waals surface area contributed by atoms with E-state index < -0.39 is 6.10 Å². The number of aromatic nitrogens is 3. The Hall–Kier alpha value is -3.37. The zero-order chi connectivity index (χ0) is 25.2. The van der Waals surface area contributed by atoms with Crippen molar-refractivity contribution >= 4 is 34.0 Å². The number of aliphatic hydroxyl groups is 2. The average Bonchev–Trinajstić information content (AvgIpc) is 3.31. The number of benzene rings is 2. The highest BCUT2D eigenvalue weighted by Gasteiger charge is 2.22. The van der Waals surface area contributed by atoms with Crippen molar-refractivity contribution in [1.29, 1.82) is 0 Å². The molecule has 1 saturated heterocycles. The molecule has 36 heavy (non-hydrogen) atoms. The Morgan fingerprint density at radius 1 is 1.31 bits per heavy atom. The Balaban J connectivity index is 1.44. The van der Waals surface area contributed by atoms with Gasteiger partial charge in [0.05, 0.1) is 42.1 Å². The summed E-state index contributed by atoms with van der Waals surface area (Å²) in [5.41, 5.74) is 4.84. The summed E-state index contributed by atoms with van der Waals surface area (Å²) in [6.07, 6.45) is 0.528. The van der Waals surface area contributed by atoms with Crippen LogP contribution in [0, 0.1) is 6.92 Å². The summed E-state index contributed by atoms with van der Waals surface area (Å²) in [6, 6.07) is 12.9. The molecular weight excluding hydrogens is 482 g/mol. The summed E-state index contributed by atoms with van der Waals surface area (Å²) in [4.78, 5) is 25.8. The molecule has 3 heterocycles. The lowest BCUT2D eigenvalue weighted by Crippen LogP contribution is -2.44. The number of hydrogen-bond acceptors (Lipinski definition) is 7. The van der Waals surface area contributed by atoms with Crippen molar-refractivity contribution in [2.75, 3.05) is 43.1 Å². The molecule has 2 atom stereocenters. The molecule has 2 unspecified atom stereocenters. The molecule has 5 N–H and O–H groups in total. The van der Waals surface area contributed by atoms with Gasteiger partial charge in [-0.25, -0.2) is 4.98 Å². The number of anilines is 2. The molecule has 10 heteroatoms. The van der Waals surface area contributed by atoms with E-state index in [1.54, 1.807) is 36.5 Å². The Morgan fingerprint density at radius 2 is 2.17 bits per heavy atom. The number of ether oxygens (including phenoxy) is 1. The number of nitrogens with zero attached hydrogens (tertiary/aromatic N) is 2. The van der Waals surface area contributed by atoms with Crippen molar-refractivity contribution in [3.63, 3.8) is 0 Å². The number of imidazole rings is 1. The fourth-order valence-electron chi connectivity index (χ4n) is 4.54. The van der Waals surface area contributed by atoms with Crippen LogP contribution in [0.15, 0.2) is 53.5 Å². The molecule has 0 amide bonds. The topological polar surface area (TPSA) is 126 Å². The van der Waals surface area contributed by atoms with Gasteiger partial charge in [0.25, 0.3) is 5.56 Å². The Labute approximate surface area is 212 Å². The zero-order valence-corrected chi connectivity index (χ0v) is 20.5. The molecule has 1 aliphatic heterocycles. The lowest BCUT2D eigenvalue weighted by atomic mass is 10.1. The summed E-state index contributed by atoms with van der Waals surface area (Å²) >= 11 is 6.05. The van der Waals surface area contributed by atoms with Gasteiger partial charge in [-0.3, -0.25) is 4.79 Å². The normalized spacial score (nSPS) is 16.9. The van der Waals surface area contributed by atoms with Crippen molar-refractivity contribution in [2.45, 2.75) is 19.1 Å². The number of fused-ring (bicyclic) bond motifs is 1. The number of rotatable bonds is 7. The van der Waals surface area contributed by atoms with Crippen molar-refractivity contribution < 1.29 is 14.9 Å². The van der Waals surface area contributed by atoms with Gasteiger partial charge in [-0.05, 0) is 48.4 Å². The van der Waals surface area contributed by atoms with Crippen LogP contribution in [0.3, 0.4) is 0 Å². The van der Waals surface area contributed by atoms with Crippen LogP contribution >= 0.6 is 11.6 Å². The maximum absolute atomic E-state index is 12.9. The van der Waals surface area contributed by atoms with Gasteiger partial charge in [0.15, 0.2) is 0 Å². The highest BCUT2D eigenvalue weighted by Crippen LogP contribution is 2.30. The fraction of sp³-hybridized carbons (Fsp3) is 0.308. The minimum absolute atomic E-state index is 0.0233. The van der Waals surface area contributed by atoms with Crippen molar-refractivity contribution in [3.05, 3.63) is 75.2 Å². The summed E-state index contributed by atoms with van der Waals surface area (Å²) in [6.45, 7) is 4.02. The number of aliphatic hydroxyl groups excluding tert-OH is 2. The second-order valence-electron chi connectivity index (χ2n) is 8.91. The number of hydrogen-bond donors (Lipinski definition) is 5. The van der Waals surface area contributed by atoms with Gasteiger partial charge in [-0.1, -0.05) is 23.7 Å². The highest BCUT2D eigenvalue weighted by molar-refractivity contribution is 6.30. The predicted octanol–water partition coefficient (Wildman–Crippen LogP) is 3.22. The van der Waals surface area contributed by atoms with Crippen LogP contribution in [0.25, 0.3) is 22.4 Å². The number of morpholine rings is 1. The van der Waals surface area contributed by atoms with E-state index in [1.807, 2.05) is 13.0 Å². The van der Waals surface area contributed by atoms with Crippen molar-refractivity contribution in [2.24, 2.45) is 0 Å². The quantitative estimate of drug-likeness (QED) is 0.259. The van der Waals surface area contributed by atoms with Crippen molar-refractivity contribution in [3.8, 4) is 11.4 Å². The molecule has 1 aliphatic rings. The Morgan fingerprint density at radius 3 is 2.97 bits per heavy atom. The van der Waals surface area contributed by atoms with Gasteiger partial charge in [0.2, 0.25) is 0 Å². The van der Waals surface area contributed by atoms with Crippen molar-refractivity contribution in [1.82, 2.24) is 15.0 Å². The molecule has 1 fully saturated rings. The number of nitrogens with one attached hydrogen (secondary N) is 3. The second-order valence-corrected chi connectivity index (χ2v) is 9.35. The Kier molecular flexibility index (Phi) is 6.97. The van der Waals surface area contributed by atoms with Crippen LogP contribution in [-0.4, -0.2) is 64.1 Å². The summed E-state index contributed by atoms with van der Waals surface area (Å²) < 4.78 is 5.58. The number of halogens is 1. The van der Waals surface area contributed by atoms with Crippen LogP contribution in [0.4, 0.5) is 11.4 Å². The molecule has 5 rings (SSSR count). The standard InChI is InChI=1S/C26H28ClN5O4/c1-15-9-18(32-7-8-36-19(13-32)14-33)11-21-24(15)31-25(30-21)23-20(5-6-28-26(23)35)29-12-22(34)16-3-2-4-17(27)10-16/h2-6,9-11,19,22,33-34H,7-8,12-14H2,1H3,(H,30,31)(H2,28,29,35). The molecule has 0 saturated carbocycles. The molecule has 0 radical (unpaired) electrons. The number of aryl methyl sites for hydroxylation is 1. The van der Waals surface area contributed by atoms with E-state index in [-0.39, 0.29) is 24.8 Å². The SMILES string of the molecule is Cc1cc(N2CCOC(CO)C2)cc2[nH]c(-c3c(NCC(O)c4cccc(Cl)c4)cc[nH]c3=O)nc12. The number of pyridine rings is 1. The van der Waals surface area contributed by atoms with Crippen LogP contribution in [0.2, 0.25) is 5.02 Å². The van der Waals surface area contributed by atoms with E-state index in [4.69, 9.17) is 21.3 Å². The van der Waals surface area contributed by atoms with E-state index >= 15 is 0 Å². The summed E-state index contributed by atoms with van der Waals surface area (Å²) in [5.74, 6) is 0.432. The molecule has 4 aromatic rings. The van der Waals surface area contributed by atoms with Crippen LogP contribution in [-0.2, 0) is 4.74 Å². The summed E-state index contributed by atoms with van der Waals surface area (Å²) in [5, 5.41) is 23.8. The Bertz CT molecular complexity index is 1440. The number of aromatic amines is 2. The maximum Gasteiger partial charge on any atom is 0.261 e. The van der Waals surface area contributed by atoms with E-state index in [2.05, 4.69) is 26.3 Å². The van der Waals surface area contributed by atoms with Gasteiger partial charge in [-0.2, -0.15) is 0 Å². The third-order valence-electron chi connectivity index (χ3n) is 6.39. The van der Waals surface area contributed by atoms with Gasteiger partial charge in [0, 0.05) is 36.5 Å². The first-order chi connectivity index (χ1) is 17.4. The minimum Gasteiger partial charge on any atom is -0.394 e. The summed E-state index contributed by atoms with van der Waals surface area (Å²) in [7, 11) is 0. The third kappa shape index (κ3) is 4.96. The van der Waals surface area contributed by atoms with Crippen LogP contribution < -0.4 is 15.8 Å².